The molecule has 3 heteroatoms. The van der Waals surface area contributed by atoms with Gasteiger partial charge in [-0.2, -0.15) is 0 Å². The molecule has 2 aromatic carbocycles. The van der Waals surface area contributed by atoms with Crippen molar-refractivity contribution in [1.82, 2.24) is 0 Å². The largest absolute Gasteiger partial charge is 0.493 e. The van der Waals surface area contributed by atoms with Crippen LogP contribution >= 0.6 is 0 Å². The zero-order chi connectivity index (χ0) is 17.4. The number of hydrogen-bond acceptors (Lipinski definition) is 2. The average Bonchev–Trinajstić information content (AvgIpc) is 2.65. The minimum atomic E-state index is 0.554. The van der Waals surface area contributed by atoms with Gasteiger partial charge in [-0.3, -0.25) is 0 Å². The highest BCUT2D eigenvalue weighted by atomic mass is 16.5. The lowest BCUT2D eigenvalue weighted by atomic mass is 10.1. The van der Waals surface area contributed by atoms with Crippen LogP contribution in [0.4, 0.5) is 0 Å². The molecule has 0 aliphatic carbocycles. The van der Waals surface area contributed by atoms with Gasteiger partial charge < -0.3 is 14.0 Å². The Morgan fingerprint density at radius 2 is 1.42 bits per heavy atom. The monoisotopic (exact) mass is 328 g/mol. The van der Waals surface area contributed by atoms with E-state index in [0.717, 1.165) is 42.2 Å². The fraction of sp³-hybridized carbons (Fsp3) is 0.429. The number of benzene rings is 2. The van der Waals surface area contributed by atoms with Gasteiger partial charge in [-0.05, 0) is 44.5 Å². The fourth-order valence-corrected chi connectivity index (χ4v) is 3.11. The summed E-state index contributed by atoms with van der Waals surface area (Å²) in [6, 6.07) is 16.5. The maximum atomic E-state index is 5.95. The molecule has 24 heavy (non-hydrogen) atoms. The Labute approximate surface area is 146 Å². The van der Waals surface area contributed by atoms with E-state index in [9.17, 15) is 0 Å². The van der Waals surface area contributed by atoms with Gasteiger partial charge in [-0.1, -0.05) is 30.3 Å². The molecule has 0 fully saturated rings. The quantitative estimate of drug-likeness (QED) is 0.624. The van der Waals surface area contributed by atoms with Gasteiger partial charge in [0, 0.05) is 5.56 Å². The molecule has 0 aliphatic rings. The van der Waals surface area contributed by atoms with Crippen LogP contribution in [0.2, 0.25) is 0 Å². The summed E-state index contributed by atoms with van der Waals surface area (Å²) < 4.78 is 12.4. The van der Waals surface area contributed by atoms with Crippen molar-refractivity contribution in [3.63, 3.8) is 0 Å². The van der Waals surface area contributed by atoms with E-state index in [2.05, 4.69) is 45.0 Å². The second kappa shape index (κ2) is 8.74. The van der Waals surface area contributed by atoms with Gasteiger partial charge in [-0.15, -0.1) is 0 Å². The summed E-state index contributed by atoms with van der Waals surface area (Å²) >= 11 is 0. The first-order chi connectivity index (χ1) is 11.7. The number of quaternary nitrogens is 1. The number of para-hydroxylation sites is 2. The van der Waals surface area contributed by atoms with Crippen LogP contribution in [-0.2, 0) is 13.2 Å². The third-order valence-corrected chi connectivity index (χ3v) is 4.99. The average molecular weight is 328 g/mol. The molecule has 0 aliphatic heterocycles. The topological polar surface area (TPSA) is 18.5 Å². The number of nitrogens with zero attached hydrogens (tertiary/aromatic N) is 1. The normalized spacial score (nSPS) is 11.3. The van der Waals surface area contributed by atoms with Gasteiger partial charge in [0.05, 0.1) is 26.7 Å². The van der Waals surface area contributed by atoms with Gasteiger partial charge in [0.25, 0.3) is 0 Å². The predicted molar refractivity (Wildman–Crippen MR) is 99.4 cm³/mol. The van der Waals surface area contributed by atoms with Crippen molar-refractivity contribution in [2.24, 2.45) is 0 Å². The van der Waals surface area contributed by atoms with Gasteiger partial charge in [-0.25, -0.2) is 0 Å². The standard InChI is InChI=1S/C21H30NO2/c1-5-22(6-2,7-3)16-18-11-10-12-19(15-18)17-24-21-14-9-8-13-20(21)23-4/h8-15H,5-7,16-17H2,1-4H3/q+1. The van der Waals surface area contributed by atoms with Crippen molar-refractivity contribution >= 4 is 0 Å². The van der Waals surface area contributed by atoms with Crippen molar-refractivity contribution in [3.05, 3.63) is 59.7 Å². The summed E-state index contributed by atoms with van der Waals surface area (Å²) in [5.74, 6) is 1.55. The molecule has 0 aromatic heterocycles. The minimum Gasteiger partial charge on any atom is -0.493 e. The molecule has 0 radical (unpaired) electrons. The van der Waals surface area contributed by atoms with Crippen LogP contribution < -0.4 is 9.47 Å². The summed E-state index contributed by atoms with van der Waals surface area (Å²) in [6.45, 7) is 12.0. The van der Waals surface area contributed by atoms with Gasteiger partial charge >= 0.3 is 0 Å². The summed E-state index contributed by atoms with van der Waals surface area (Å²) in [4.78, 5) is 0. The number of rotatable bonds is 9. The van der Waals surface area contributed by atoms with Crippen LogP contribution in [0, 0.1) is 0 Å². The Morgan fingerprint density at radius 3 is 2.04 bits per heavy atom. The first-order valence-electron chi connectivity index (χ1n) is 8.85. The van der Waals surface area contributed by atoms with Crippen molar-refractivity contribution < 1.29 is 14.0 Å². The van der Waals surface area contributed by atoms with Crippen molar-refractivity contribution in [2.75, 3.05) is 26.7 Å². The molecule has 0 saturated carbocycles. The molecular formula is C21H30NO2+. The summed E-state index contributed by atoms with van der Waals surface area (Å²) in [6.07, 6.45) is 0. The van der Waals surface area contributed by atoms with Crippen LogP contribution in [0.3, 0.4) is 0 Å². The Morgan fingerprint density at radius 1 is 0.792 bits per heavy atom. The van der Waals surface area contributed by atoms with E-state index in [-0.39, 0.29) is 0 Å². The zero-order valence-corrected chi connectivity index (χ0v) is 15.4. The van der Waals surface area contributed by atoms with E-state index in [0.29, 0.717) is 6.61 Å². The second-order valence-corrected chi connectivity index (χ2v) is 6.21. The second-order valence-electron chi connectivity index (χ2n) is 6.21. The Balaban J connectivity index is 2.07. The zero-order valence-electron chi connectivity index (χ0n) is 15.4. The SMILES string of the molecule is CC[N+](CC)(CC)Cc1cccc(COc2ccccc2OC)c1. The number of hydrogen-bond donors (Lipinski definition) is 0. The Hall–Kier alpha value is -2.00. The molecule has 0 bridgehead atoms. The molecule has 0 atom stereocenters. The highest BCUT2D eigenvalue weighted by molar-refractivity contribution is 5.39. The van der Waals surface area contributed by atoms with Crippen LogP contribution in [0.15, 0.2) is 48.5 Å². The van der Waals surface area contributed by atoms with Crippen molar-refractivity contribution in [3.8, 4) is 11.5 Å². The van der Waals surface area contributed by atoms with E-state index in [1.54, 1.807) is 7.11 Å². The molecule has 2 aromatic rings. The highest BCUT2D eigenvalue weighted by Crippen LogP contribution is 2.26. The lowest BCUT2D eigenvalue weighted by Crippen LogP contribution is -2.46. The molecule has 3 nitrogen and oxygen atoms in total. The van der Waals surface area contributed by atoms with Gasteiger partial charge in [0.1, 0.15) is 13.2 Å². The number of ether oxygens (including phenoxy) is 2. The molecular weight excluding hydrogens is 298 g/mol. The van der Waals surface area contributed by atoms with E-state index in [1.807, 2.05) is 24.3 Å². The molecule has 0 unspecified atom stereocenters. The van der Waals surface area contributed by atoms with Gasteiger partial charge in [0.15, 0.2) is 11.5 Å². The lowest BCUT2D eigenvalue weighted by Gasteiger charge is -2.36. The third-order valence-electron chi connectivity index (χ3n) is 4.99. The van der Waals surface area contributed by atoms with Crippen molar-refractivity contribution in [1.29, 1.82) is 0 Å². The smallest absolute Gasteiger partial charge is 0.161 e. The first kappa shape index (κ1) is 18.3. The van der Waals surface area contributed by atoms with Gasteiger partial charge in [0.2, 0.25) is 0 Å². The van der Waals surface area contributed by atoms with E-state index >= 15 is 0 Å². The molecule has 130 valence electrons. The van der Waals surface area contributed by atoms with E-state index in [4.69, 9.17) is 9.47 Å². The molecule has 0 saturated heterocycles. The summed E-state index contributed by atoms with van der Waals surface area (Å²) in [7, 11) is 1.67. The molecule has 0 amide bonds. The first-order valence-corrected chi connectivity index (χ1v) is 8.85. The molecule has 0 heterocycles. The van der Waals surface area contributed by atoms with Crippen LogP contribution in [0.25, 0.3) is 0 Å². The Kier molecular flexibility index (Phi) is 6.68. The summed E-state index contributed by atoms with van der Waals surface area (Å²) in [5.41, 5.74) is 2.57. The number of methoxy groups -OCH3 is 1. The van der Waals surface area contributed by atoms with Crippen LogP contribution in [-0.4, -0.2) is 31.2 Å². The van der Waals surface area contributed by atoms with Crippen LogP contribution in [0.1, 0.15) is 31.9 Å². The highest BCUT2D eigenvalue weighted by Gasteiger charge is 2.21. The maximum Gasteiger partial charge on any atom is 0.161 e. The molecule has 0 spiro atoms. The third kappa shape index (κ3) is 4.51. The Bertz CT molecular complexity index is 627. The van der Waals surface area contributed by atoms with E-state index < -0.39 is 0 Å². The molecule has 2 rings (SSSR count). The maximum absolute atomic E-state index is 5.95. The lowest BCUT2D eigenvalue weighted by molar-refractivity contribution is -0.936. The molecule has 0 N–H and O–H groups in total. The predicted octanol–water partition coefficient (Wildman–Crippen LogP) is 4.65. The summed E-state index contributed by atoms with van der Waals surface area (Å²) in [5, 5.41) is 0. The van der Waals surface area contributed by atoms with E-state index in [1.165, 1.54) is 11.1 Å². The van der Waals surface area contributed by atoms with Crippen molar-refractivity contribution in [2.45, 2.75) is 33.9 Å². The fourth-order valence-electron chi connectivity index (χ4n) is 3.11. The van der Waals surface area contributed by atoms with Crippen LogP contribution in [0.5, 0.6) is 11.5 Å². The minimum absolute atomic E-state index is 0.554.